The molecule has 0 spiro atoms. The van der Waals surface area contributed by atoms with E-state index in [0.29, 0.717) is 0 Å². The van der Waals surface area contributed by atoms with E-state index in [1.165, 1.54) is 6.92 Å². The predicted molar refractivity (Wildman–Crippen MR) is 65.7 cm³/mol. The SMILES string of the molecule is CC(Cl)OC(N)=O.CNc1ncccc1CO. The lowest BCUT2D eigenvalue weighted by Crippen LogP contribution is -2.16. The molecule has 1 amide bonds. The van der Waals surface area contributed by atoms with Crippen molar-refractivity contribution in [3.63, 3.8) is 0 Å². The summed E-state index contributed by atoms with van der Waals surface area (Å²) in [6.45, 7) is 1.54. The number of carbonyl (C=O) groups is 1. The molecular weight excluding hydrogens is 246 g/mol. The molecule has 1 rings (SSSR count). The maximum Gasteiger partial charge on any atom is 0.405 e. The van der Waals surface area contributed by atoms with Gasteiger partial charge in [0.15, 0.2) is 5.56 Å². The van der Waals surface area contributed by atoms with Gasteiger partial charge in [-0.15, -0.1) is 0 Å². The summed E-state index contributed by atoms with van der Waals surface area (Å²) in [5, 5.41) is 11.6. The Labute approximate surface area is 105 Å². The van der Waals surface area contributed by atoms with Crippen molar-refractivity contribution in [1.82, 2.24) is 4.98 Å². The Balaban J connectivity index is 0.000000325. The van der Waals surface area contributed by atoms with Crippen molar-refractivity contribution in [2.75, 3.05) is 12.4 Å². The first-order chi connectivity index (χ1) is 8.01. The number of nitrogens with zero attached hydrogens (tertiary/aromatic N) is 1. The zero-order valence-corrected chi connectivity index (χ0v) is 10.4. The number of primary amides is 1. The number of alkyl halides is 1. The summed E-state index contributed by atoms with van der Waals surface area (Å²) in [5.74, 6) is 0.741. The average Bonchev–Trinajstić information content (AvgIpc) is 2.28. The van der Waals surface area contributed by atoms with Crippen LogP contribution in [0.4, 0.5) is 10.6 Å². The number of aliphatic hydroxyl groups is 1. The van der Waals surface area contributed by atoms with E-state index in [4.69, 9.17) is 16.7 Å². The standard InChI is InChI=1S/C7H10N2O.C3H6ClNO2/c1-8-7-6(5-10)3-2-4-9-7;1-2(4)7-3(5)6/h2-4,10H,5H2,1H3,(H,8,9);2H,1H3,(H2,5,6). The van der Waals surface area contributed by atoms with Crippen LogP contribution in [0, 0.1) is 0 Å². The van der Waals surface area contributed by atoms with Crippen molar-refractivity contribution in [2.24, 2.45) is 5.73 Å². The van der Waals surface area contributed by atoms with Crippen molar-refractivity contribution >= 4 is 23.5 Å². The Morgan fingerprint density at radius 1 is 1.76 bits per heavy atom. The summed E-state index contributed by atoms with van der Waals surface area (Å²) in [5.41, 5.74) is 4.74. The molecule has 96 valence electrons. The monoisotopic (exact) mass is 261 g/mol. The summed E-state index contributed by atoms with van der Waals surface area (Å²) < 4.78 is 4.15. The summed E-state index contributed by atoms with van der Waals surface area (Å²) >= 11 is 5.15. The fourth-order valence-corrected chi connectivity index (χ4v) is 1.04. The van der Waals surface area contributed by atoms with Crippen LogP contribution in [0.15, 0.2) is 18.3 Å². The minimum atomic E-state index is -0.845. The number of aromatic nitrogens is 1. The number of amides is 1. The van der Waals surface area contributed by atoms with Gasteiger partial charge in [0.1, 0.15) is 5.82 Å². The molecule has 17 heavy (non-hydrogen) atoms. The molecule has 7 heteroatoms. The van der Waals surface area contributed by atoms with Gasteiger partial charge in [0.2, 0.25) is 0 Å². The van der Waals surface area contributed by atoms with E-state index in [0.717, 1.165) is 11.4 Å². The lowest BCUT2D eigenvalue weighted by molar-refractivity contribution is 0.149. The summed E-state index contributed by atoms with van der Waals surface area (Å²) in [7, 11) is 1.78. The van der Waals surface area contributed by atoms with Crippen molar-refractivity contribution in [3.8, 4) is 0 Å². The number of nitrogens with two attached hydrogens (primary N) is 1. The summed E-state index contributed by atoms with van der Waals surface area (Å²) in [4.78, 5) is 13.7. The summed E-state index contributed by atoms with van der Waals surface area (Å²) in [6.07, 6.45) is 0.841. The van der Waals surface area contributed by atoms with E-state index in [2.05, 4.69) is 20.8 Å². The molecule has 0 aliphatic carbocycles. The Morgan fingerprint density at radius 2 is 2.41 bits per heavy atom. The van der Waals surface area contributed by atoms with Gasteiger partial charge in [0.05, 0.1) is 6.61 Å². The first-order valence-corrected chi connectivity index (χ1v) is 5.27. The molecule has 0 aliphatic rings. The van der Waals surface area contributed by atoms with Gasteiger partial charge in [-0.3, -0.25) is 0 Å². The number of ether oxygens (including phenoxy) is 1. The van der Waals surface area contributed by atoms with E-state index >= 15 is 0 Å². The fourth-order valence-electron chi connectivity index (χ4n) is 0.951. The van der Waals surface area contributed by atoms with Crippen LogP contribution in [0.2, 0.25) is 0 Å². The number of halogens is 1. The second-order valence-electron chi connectivity index (χ2n) is 2.90. The molecule has 1 atom stereocenters. The number of hydrogen-bond acceptors (Lipinski definition) is 5. The van der Waals surface area contributed by atoms with Crippen LogP contribution in [0.5, 0.6) is 0 Å². The molecule has 6 nitrogen and oxygen atoms in total. The topological polar surface area (TPSA) is 97.5 Å². The van der Waals surface area contributed by atoms with Crippen LogP contribution < -0.4 is 11.1 Å². The maximum absolute atomic E-state index is 9.73. The zero-order valence-electron chi connectivity index (χ0n) is 9.68. The van der Waals surface area contributed by atoms with Crippen LogP contribution in [0.1, 0.15) is 12.5 Å². The molecular formula is C10H16ClN3O3. The lowest BCUT2D eigenvalue weighted by atomic mass is 10.3. The number of rotatable bonds is 3. The normalized spacial score (nSPS) is 10.8. The van der Waals surface area contributed by atoms with Crippen molar-refractivity contribution < 1.29 is 14.6 Å². The lowest BCUT2D eigenvalue weighted by Gasteiger charge is -2.02. The average molecular weight is 262 g/mol. The third-order valence-electron chi connectivity index (χ3n) is 1.58. The van der Waals surface area contributed by atoms with Gasteiger partial charge in [-0.25, -0.2) is 9.78 Å². The third-order valence-corrected chi connectivity index (χ3v) is 1.67. The number of carbonyl (C=O) groups excluding carboxylic acids is 1. The van der Waals surface area contributed by atoms with Crippen molar-refractivity contribution in [3.05, 3.63) is 23.9 Å². The second kappa shape index (κ2) is 8.60. The minimum Gasteiger partial charge on any atom is -0.430 e. The molecule has 0 radical (unpaired) electrons. The van der Waals surface area contributed by atoms with E-state index in [1.807, 2.05) is 6.07 Å². The van der Waals surface area contributed by atoms with E-state index in [1.54, 1.807) is 19.3 Å². The van der Waals surface area contributed by atoms with Crippen LogP contribution in [-0.4, -0.2) is 28.8 Å². The molecule has 0 saturated carbocycles. The Kier molecular flexibility index (Phi) is 7.83. The van der Waals surface area contributed by atoms with Crippen molar-refractivity contribution in [1.29, 1.82) is 0 Å². The number of hydrogen-bond donors (Lipinski definition) is 3. The fraction of sp³-hybridized carbons (Fsp3) is 0.400. The predicted octanol–water partition coefficient (Wildman–Crippen LogP) is 1.28. The molecule has 0 bridgehead atoms. The summed E-state index contributed by atoms with van der Waals surface area (Å²) in [6, 6.07) is 3.63. The van der Waals surface area contributed by atoms with Gasteiger partial charge < -0.3 is 20.9 Å². The van der Waals surface area contributed by atoms with Gasteiger partial charge in [-0.2, -0.15) is 0 Å². The van der Waals surface area contributed by atoms with Crippen LogP contribution in [-0.2, 0) is 11.3 Å². The van der Waals surface area contributed by atoms with Gasteiger partial charge in [0, 0.05) is 18.8 Å². The largest absolute Gasteiger partial charge is 0.430 e. The molecule has 4 N–H and O–H groups in total. The Bertz CT molecular complexity index is 324. The highest BCUT2D eigenvalue weighted by atomic mass is 35.5. The van der Waals surface area contributed by atoms with Crippen LogP contribution in [0.3, 0.4) is 0 Å². The molecule has 0 fully saturated rings. The second-order valence-corrected chi connectivity index (χ2v) is 3.51. The molecule has 1 unspecified atom stereocenters. The number of anilines is 1. The Hall–Kier alpha value is -1.53. The highest BCUT2D eigenvalue weighted by Crippen LogP contribution is 2.08. The zero-order chi connectivity index (χ0) is 13.3. The molecule has 0 aliphatic heterocycles. The van der Waals surface area contributed by atoms with Gasteiger partial charge in [-0.05, 0) is 13.0 Å². The van der Waals surface area contributed by atoms with E-state index < -0.39 is 11.7 Å². The third kappa shape index (κ3) is 7.37. The van der Waals surface area contributed by atoms with Crippen LogP contribution in [0.25, 0.3) is 0 Å². The quantitative estimate of drug-likeness (QED) is 0.712. The Morgan fingerprint density at radius 3 is 2.71 bits per heavy atom. The maximum atomic E-state index is 9.73. The molecule has 1 aromatic heterocycles. The highest BCUT2D eigenvalue weighted by Gasteiger charge is 1.97. The highest BCUT2D eigenvalue weighted by molar-refractivity contribution is 6.19. The first kappa shape index (κ1) is 15.5. The molecule has 0 aromatic carbocycles. The minimum absolute atomic E-state index is 0.0318. The van der Waals surface area contributed by atoms with Gasteiger partial charge >= 0.3 is 6.09 Å². The first-order valence-electron chi connectivity index (χ1n) is 4.84. The molecule has 0 saturated heterocycles. The van der Waals surface area contributed by atoms with Gasteiger partial charge in [-0.1, -0.05) is 17.7 Å². The molecule has 1 aromatic rings. The number of aliphatic hydroxyl groups excluding tert-OH is 1. The van der Waals surface area contributed by atoms with Crippen molar-refractivity contribution in [2.45, 2.75) is 19.1 Å². The van der Waals surface area contributed by atoms with Crippen LogP contribution >= 0.6 is 11.6 Å². The molecule has 1 heterocycles. The smallest absolute Gasteiger partial charge is 0.405 e. The number of nitrogens with one attached hydrogen (secondary N) is 1. The van der Waals surface area contributed by atoms with E-state index in [9.17, 15) is 4.79 Å². The van der Waals surface area contributed by atoms with E-state index in [-0.39, 0.29) is 6.61 Å². The number of pyridine rings is 1. The van der Waals surface area contributed by atoms with Gasteiger partial charge in [0.25, 0.3) is 0 Å².